The third-order valence-electron chi connectivity index (χ3n) is 22.3. The number of benzene rings is 4. The molecule has 9 rings (SSSR count). The lowest BCUT2D eigenvalue weighted by Gasteiger charge is -2.40. The monoisotopic (exact) mass is 1380 g/mol. The molecule has 4 aromatic carbocycles. The minimum absolute atomic E-state index is 0.124. The molecule has 5 aliphatic rings. The van der Waals surface area contributed by atoms with Gasteiger partial charge in [-0.15, -0.1) is 0 Å². The molecule has 1 N–H and O–H groups in total. The Balaban J connectivity index is 0.000000209. The summed E-state index contributed by atoms with van der Waals surface area (Å²) in [7, 11) is 7.49. The van der Waals surface area contributed by atoms with Gasteiger partial charge in [0, 0.05) is 48.3 Å². The highest BCUT2D eigenvalue weighted by Gasteiger charge is 2.32. The first kappa shape index (κ1) is 83.3. The molecule has 2 aliphatic heterocycles. The number of hydrogen-bond donors (Lipinski definition) is 1. The standard InChI is InChI=1S/C25H41NO.C24H36ClN.C23H37NO.C18H27NO2/c1-20(2)18-23(26-17-9-12-21-10-7-6-8-11-21)19-25(3,4)22-13-15-24(27-5)16-14-22;1-19(2)18-24(13-10-20-8-11-23(25)12-9-20)26-16-14-22(15-17-26)21-6-4-3-5-7-21;1-18(2)16-21(24(5)20-10-8-7-9-11-20)17-23(3,4)19-12-14-22(25-6)15-13-19;1-15(2)14-17(19-10-12-21-13-11-19)7-4-16-5-8-18(20-3)9-6-16/h13-16,18,21,23,26H,6-12,17,19H2,1-5H3;8-9,11-12,18,21-22,24H,3-7,10,13-17H2,1-2H3;12-16,20-21H,7-11,17H2,1-6H3;5-6,8-9,14,17H,4,7,10-13H2,1-3H3. The predicted octanol–water partition coefficient (Wildman–Crippen LogP) is 22.8. The van der Waals surface area contributed by atoms with E-state index in [1.165, 1.54) is 186 Å². The van der Waals surface area contributed by atoms with Gasteiger partial charge >= 0.3 is 0 Å². The Morgan fingerprint density at radius 1 is 0.505 bits per heavy atom. The number of allylic oxidation sites excluding steroid dienone is 4. The number of hydrogen-bond acceptors (Lipinski definition) is 8. The fourth-order valence-electron chi connectivity index (χ4n) is 16.4. The van der Waals surface area contributed by atoms with E-state index in [0.29, 0.717) is 24.2 Å². The van der Waals surface area contributed by atoms with E-state index in [4.69, 9.17) is 30.5 Å². The zero-order valence-corrected chi connectivity index (χ0v) is 66.4. The summed E-state index contributed by atoms with van der Waals surface area (Å²) < 4.78 is 21.3. The first-order valence-electron chi connectivity index (χ1n) is 39.3. The first-order chi connectivity index (χ1) is 47.5. The van der Waals surface area contributed by atoms with Crippen molar-refractivity contribution in [1.82, 2.24) is 20.0 Å². The van der Waals surface area contributed by atoms with Crippen LogP contribution in [-0.2, 0) is 28.4 Å². The maximum Gasteiger partial charge on any atom is 0.118 e. The number of nitrogens with zero attached hydrogens (tertiary/aromatic N) is 3. The summed E-state index contributed by atoms with van der Waals surface area (Å²) in [6, 6.07) is 36.7. The SMILES string of the molecule is CC(C)=CC(CCc1ccc(Cl)cc1)N1CCC(C2CCCCC2)CC1.COc1ccc(C(C)(C)CC(C=C(C)C)N(C)C2CCCCC2)cc1.COc1ccc(C(C)(C)CC(C=C(C)C)NCCCC2CCCCC2)cc1.COc1ccc(CCC(C=C(C)C)N2CCOCC2)cc1. The van der Waals surface area contributed by atoms with E-state index in [9.17, 15) is 0 Å². The van der Waals surface area contributed by atoms with Crippen molar-refractivity contribution >= 4 is 11.6 Å². The number of aryl methyl sites for hydroxylation is 2. The molecule has 9 heteroatoms. The van der Waals surface area contributed by atoms with Gasteiger partial charge in [0.25, 0.3) is 0 Å². The van der Waals surface area contributed by atoms with Crippen molar-refractivity contribution in [1.29, 1.82) is 0 Å². The number of morpholine rings is 1. The van der Waals surface area contributed by atoms with Crippen LogP contribution in [0.2, 0.25) is 5.02 Å². The van der Waals surface area contributed by atoms with Crippen LogP contribution in [0.1, 0.15) is 253 Å². The summed E-state index contributed by atoms with van der Waals surface area (Å²) in [5, 5.41) is 4.67. The molecule has 8 nitrogen and oxygen atoms in total. The van der Waals surface area contributed by atoms with Crippen molar-refractivity contribution in [3.05, 3.63) is 171 Å². The van der Waals surface area contributed by atoms with Gasteiger partial charge in [-0.1, -0.05) is 218 Å². The lowest BCUT2D eigenvalue weighted by Crippen LogP contribution is -2.43. The summed E-state index contributed by atoms with van der Waals surface area (Å²) in [5.41, 5.74) is 11.4. The van der Waals surface area contributed by atoms with Crippen molar-refractivity contribution in [2.24, 2.45) is 17.8 Å². The Morgan fingerprint density at radius 2 is 0.909 bits per heavy atom. The molecule has 4 aromatic rings. The first-order valence-corrected chi connectivity index (χ1v) is 39.7. The summed E-state index contributed by atoms with van der Waals surface area (Å²) in [5.74, 6) is 5.79. The highest BCUT2D eigenvalue weighted by molar-refractivity contribution is 6.30. The van der Waals surface area contributed by atoms with Gasteiger partial charge in [0.2, 0.25) is 0 Å². The fourth-order valence-corrected chi connectivity index (χ4v) is 16.6. The minimum atomic E-state index is 0.124. The van der Waals surface area contributed by atoms with Crippen LogP contribution in [0.5, 0.6) is 17.2 Å². The Morgan fingerprint density at radius 3 is 1.36 bits per heavy atom. The summed E-state index contributed by atoms with van der Waals surface area (Å²) in [6.07, 6.45) is 43.7. The molecule has 2 heterocycles. The van der Waals surface area contributed by atoms with Crippen LogP contribution in [0.15, 0.2) is 144 Å². The summed E-state index contributed by atoms with van der Waals surface area (Å²) >= 11 is 6.02. The van der Waals surface area contributed by atoms with Gasteiger partial charge in [-0.25, -0.2) is 0 Å². The summed E-state index contributed by atoms with van der Waals surface area (Å²) in [4.78, 5) is 7.94. The normalized spacial score (nSPS) is 18.3. The Bertz CT molecular complexity index is 2920. The number of nitrogens with one attached hydrogen (secondary N) is 1. The molecule has 5 fully saturated rings. The highest BCUT2D eigenvalue weighted by Crippen LogP contribution is 2.38. The molecule has 2 saturated heterocycles. The van der Waals surface area contributed by atoms with Crippen molar-refractivity contribution in [3.8, 4) is 17.2 Å². The molecule has 0 amide bonds. The van der Waals surface area contributed by atoms with E-state index in [1.807, 2.05) is 24.3 Å². The van der Waals surface area contributed by atoms with Crippen LogP contribution < -0.4 is 19.5 Å². The number of methoxy groups -OCH3 is 3. The van der Waals surface area contributed by atoms with Crippen molar-refractivity contribution in [2.45, 2.75) is 285 Å². The largest absolute Gasteiger partial charge is 0.497 e. The molecule has 0 spiro atoms. The van der Waals surface area contributed by atoms with Crippen molar-refractivity contribution in [2.75, 3.05) is 74.3 Å². The quantitative estimate of drug-likeness (QED) is 0.0426. The number of piperidine rings is 1. The lowest BCUT2D eigenvalue weighted by molar-refractivity contribution is 0.0241. The number of likely N-dealkylation sites (N-methyl/N-ethyl adjacent to an activating group) is 1. The van der Waals surface area contributed by atoms with Crippen LogP contribution in [0, 0.1) is 17.8 Å². The lowest BCUT2D eigenvalue weighted by atomic mass is 9.75. The molecule has 0 radical (unpaired) electrons. The molecular weight excluding hydrogens is 1240 g/mol. The van der Waals surface area contributed by atoms with Crippen LogP contribution in [0.25, 0.3) is 0 Å². The van der Waals surface area contributed by atoms with Gasteiger partial charge in [-0.2, -0.15) is 0 Å². The van der Waals surface area contributed by atoms with E-state index in [-0.39, 0.29) is 10.8 Å². The van der Waals surface area contributed by atoms with Crippen molar-refractivity contribution < 1.29 is 18.9 Å². The molecule has 3 aliphatic carbocycles. The molecule has 99 heavy (non-hydrogen) atoms. The maximum atomic E-state index is 6.02. The van der Waals surface area contributed by atoms with Gasteiger partial charge in [-0.3, -0.25) is 14.7 Å². The number of rotatable bonds is 29. The molecular formula is C90H141ClN4O4. The van der Waals surface area contributed by atoms with Crippen LogP contribution >= 0.6 is 11.6 Å². The number of likely N-dealkylation sites (tertiary alicyclic amines) is 1. The average molecular weight is 1380 g/mol. The minimum Gasteiger partial charge on any atom is -0.497 e. The maximum absolute atomic E-state index is 6.02. The van der Waals surface area contributed by atoms with Gasteiger partial charge in [-0.05, 0) is 258 Å². The van der Waals surface area contributed by atoms with Crippen LogP contribution in [0.4, 0.5) is 0 Å². The highest BCUT2D eigenvalue weighted by atomic mass is 35.5. The second kappa shape index (κ2) is 44.8. The molecule has 0 bridgehead atoms. The van der Waals surface area contributed by atoms with Crippen molar-refractivity contribution in [3.63, 3.8) is 0 Å². The Kier molecular flexibility index (Phi) is 37.6. The van der Waals surface area contributed by atoms with Gasteiger partial charge in [0.05, 0.1) is 34.5 Å². The Hall–Kier alpha value is -4.67. The second-order valence-electron chi connectivity index (χ2n) is 32.4. The van der Waals surface area contributed by atoms with E-state index in [2.05, 4.69) is 207 Å². The Labute approximate surface area is 612 Å². The zero-order chi connectivity index (χ0) is 71.6. The number of halogens is 1. The van der Waals surface area contributed by atoms with Crippen LogP contribution in [0.3, 0.4) is 0 Å². The van der Waals surface area contributed by atoms with E-state index < -0.39 is 0 Å². The second-order valence-corrected chi connectivity index (χ2v) is 32.9. The molecule has 3 saturated carbocycles. The third-order valence-corrected chi connectivity index (χ3v) is 22.6. The smallest absolute Gasteiger partial charge is 0.118 e. The van der Waals surface area contributed by atoms with Gasteiger partial charge < -0.3 is 24.3 Å². The van der Waals surface area contributed by atoms with Crippen LogP contribution in [-0.4, -0.2) is 119 Å². The molecule has 4 unspecified atom stereocenters. The molecule has 0 aromatic heterocycles. The van der Waals surface area contributed by atoms with Gasteiger partial charge in [0.1, 0.15) is 17.2 Å². The molecule has 552 valence electrons. The third kappa shape index (κ3) is 31.1. The van der Waals surface area contributed by atoms with E-state index in [1.54, 1.807) is 21.3 Å². The van der Waals surface area contributed by atoms with E-state index >= 15 is 0 Å². The van der Waals surface area contributed by atoms with Gasteiger partial charge in [0.15, 0.2) is 0 Å². The topological polar surface area (TPSA) is 58.7 Å². The van der Waals surface area contributed by atoms with E-state index in [0.717, 1.165) is 111 Å². The molecule has 4 atom stereocenters. The predicted molar refractivity (Wildman–Crippen MR) is 427 cm³/mol. The zero-order valence-electron chi connectivity index (χ0n) is 65.6. The summed E-state index contributed by atoms with van der Waals surface area (Å²) in [6.45, 7) is 34.6. The fraction of sp³-hybridized carbons (Fsp3) is 0.644. The average Bonchev–Trinajstić information content (AvgIpc) is 0.894. The number of ether oxygens (including phenoxy) is 4.